The zero-order valence-electron chi connectivity index (χ0n) is 18.5. The first kappa shape index (κ1) is 21.5. The monoisotopic (exact) mass is 447 g/mol. The van der Waals surface area contributed by atoms with Crippen LogP contribution in [0.3, 0.4) is 0 Å². The molecule has 0 saturated heterocycles. The molecule has 168 valence electrons. The molecule has 5 nitrogen and oxygen atoms in total. The van der Waals surface area contributed by atoms with E-state index >= 15 is 0 Å². The number of nitrogens with two attached hydrogens (primary N) is 1. The molecule has 0 fully saturated rings. The second-order valence-corrected chi connectivity index (χ2v) is 8.55. The van der Waals surface area contributed by atoms with E-state index < -0.39 is 5.97 Å². The molecule has 0 aromatic heterocycles. The first-order valence-corrected chi connectivity index (χ1v) is 11.2. The van der Waals surface area contributed by atoms with Gasteiger partial charge in [0.25, 0.3) is 0 Å². The van der Waals surface area contributed by atoms with E-state index in [0.717, 1.165) is 28.8 Å². The molecule has 0 spiro atoms. The summed E-state index contributed by atoms with van der Waals surface area (Å²) in [5.41, 5.74) is 12.8. The van der Waals surface area contributed by atoms with Crippen molar-refractivity contribution in [1.82, 2.24) is 0 Å². The lowest BCUT2D eigenvalue weighted by Crippen LogP contribution is -2.24. The van der Waals surface area contributed by atoms with E-state index in [0.29, 0.717) is 11.1 Å². The number of fused-ring (bicyclic) bond motifs is 1. The summed E-state index contributed by atoms with van der Waals surface area (Å²) in [6.07, 6.45) is 0.782. The predicted molar refractivity (Wildman–Crippen MR) is 136 cm³/mol. The molecular weight excluding hydrogens is 422 g/mol. The van der Waals surface area contributed by atoms with E-state index in [1.165, 1.54) is 5.56 Å². The quantitative estimate of drug-likeness (QED) is 0.222. The summed E-state index contributed by atoms with van der Waals surface area (Å²) < 4.78 is 0. The normalized spacial score (nSPS) is 16.8. The first-order chi connectivity index (χ1) is 16.5. The Kier molecular flexibility index (Phi) is 5.60. The van der Waals surface area contributed by atoms with E-state index in [1.54, 1.807) is 12.1 Å². The minimum Gasteiger partial charge on any atom is -0.478 e. The minimum absolute atomic E-state index is 0.0288. The zero-order valence-corrected chi connectivity index (χ0v) is 18.5. The molecule has 5 N–H and O–H groups in total. The molecule has 5 rings (SSSR count). The molecule has 0 bridgehead atoms. The fourth-order valence-corrected chi connectivity index (χ4v) is 4.92. The number of nitrogen functional groups attached to an aromatic ring is 1. The summed E-state index contributed by atoms with van der Waals surface area (Å²) in [4.78, 5) is 11.9. The number of hydrogen-bond acceptors (Lipinski definition) is 3. The summed E-state index contributed by atoms with van der Waals surface area (Å²) in [6.45, 7) is 0. The van der Waals surface area contributed by atoms with Crippen LogP contribution in [0, 0.1) is 5.41 Å². The van der Waals surface area contributed by atoms with Crippen molar-refractivity contribution in [2.45, 2.75) is 18.4 Å². The van der Waals surface area contributed by atoms with Crippen LogP contribution >= 0.6 is 0 Å². The van der Waals surface area contributed by atoms with Crippen LogP contribution in [0.25, 0.3) is 11.1 Å². The fourth-order valence-electron chi connectivity index (χ4n) is 4.92. The Hall–Kier alpha value is -4.38. The lowest BCUT2D eigenvalue weighted by molar-refractivity contribution is 0.0697. The number of aromatic carboxylic acids is 1. The van der Waals surface area contributed by atoms with Crippen LogP contribution in [0.2, 0.25) is 0 Å². The Morgan fingerprint density at radius 3 is 2.26 bits per heavy atom. The highest BCUT2D eigenvalue weighted by molar-refractivity contribution is 5.97. The number of carboxylic acids is 1. The Labute approximate surface area is 198 Å². The van der Waals surface area contributed by atoms with Crippen molar-refractivity contribution in [2.75, 3.05) is 5.32 Å². The van der Waals surface area contributed by atoms with E-state index in [-0.39, 0.29) is 23.4 Å². The molecule has 4 aromatic carbocycles. The van der Waals surface area contributed by atoms with Gasteiger partial charge in [0.15, 0.2) is 0 Å². The predicted octanol–water partition coefficient (Wildman–Crippen LogP) is 6.02. The third-order valence-electron chi connectivity index (χ3n) is 6.52. The van der Waals surface area contributed by atoms with Crippen LogP contribution in [0.4, 0.5) is 5.69 Å². The maximum Gasteiger partial charge on any atom is 0.336 e. The summed E-state index contributed by atoms with van der Waals surface area (Å²) in [5, 5.41) is 21.3. The molecule has 1 heterocycles. The van der Waals surface area contributed by atoms with Gasteiger partial charge in [-0.15, -0.1) is 0 Å². The molecule has 4 aromatic rings. The van der Waals surface area contributed by atoms with Gasteiger partial charge in [-0.25, -0.2) is 4.79 Å². The molecular formula is C29H25N3O2. The van der Waals surface area contributed by atoms with Gasteiger partial charge in [0.05, 0.1) is 11.6 Å². The highest BCUT2D eigenvalue weighted by Crippen LogP contribution is 2.46. The van der Waals surface area contributed by atoms with Crippen LogP contribution in [0.15, 0.2) is 97.1 Å². The number of benzene rings is 4. The Balaban J connectivity index is 1.64. The van der Waals surface area contributed by atoms with Gasteiger partial charge in [-0.3, -0.25) is 5.41 Å². The van der Waals surface area contributed by atoms with E-state index in [2.05, 4.69) is 23.5 Å². The van der Waals surface area contributed by atoms with E-state index in [1.807, 2.05) is 66.7 Å². The van der Waals surface area contributed by atoms with Crippen LogP contribution in [0.1, 0.15) is 51.0 Å². The van der Waals surface area contributed by atoms with Crippen molar-refractivity contribution in [1.29, 1.82) is 5.41 Å². The SMILES string of the molecule is N=C(N)c1ccc2c(c1)[C@@H](c1ccccc1)C[C@@H](c1ccccc1-c1ccccc1C(=O)O)N2. The Morgan fingerprint density at radius 2 is 1.53 bits per heavy atom. The standard InChI is InChI=1S/C29H25N3O2/c30-28(31)19-14-15-26-25(16-19)24(18-8-2-1-3-9-18)17-27(32-26)22-12-6-4-10-20(22)21-11-5-7-13-23(21)29(33)34/h1-16,24,27,32H,17H2,(H3,30,31)(H,33,34)/t24-,27+/m1/s1. The maximum absolute atomic E-state index is 11.9. The number of carboxylic acid groups (broad SMARTS) is 1. The number of anilines is 1. The van der Waals surface area contributed by atoms with Gasteiger partial charge >= 0.3 is 5.97 Å². The Morgan fingerprint density at radius 1 is 0.853 bits per heavy atom. The largest absolute Gasteiger partial charge is 0.478 e. The number of hydrogen-bond donors (Lipinski definition) is 4. The average Bonchev–Trinajstić information content (AvgIpc) is 2.88. The number of amidine groups is 1. The Bertz CT molecular complexity index is 1380. The van der Waals surface area contributed by atoms with Crippen molar-refractivity contribution < 1.29 is 9.90 Å². The zero-order chi connectivity index (χ0) is 23.7. The number of rotatable bonds is 5. The number of carbonyl (C=O) groups is 1. The van der Waals surface area contributed by atoms with Gasteiger partial charge in [-0.05, 0) is 58.5 Å². The van der Waals surface area contributed by atoms with Crippen LogP contribution < -0.4 is 11.1 Å². The second kappa shape index (κ2) is 8.87. The van der Waals surface area contributed by atoms with Gasteiger partial charge in [0.1, 0.15) is 5.84 Å². The average molecular weight is 448 g/mol. The van der Waals surface area contributed by atoms with Crippen molar-refractivity contribution >= 4 is 17.5 Å². The molecule has 0 radical (unpaired) electrons. The molecule has 0 saturated carbocycles. The third kappa shape index (κ3) is 3.92. The lowest BCUT2D eigenvalue weighted by Gasteiger charge is -2.35. The third-order valence-corrected chi connectivity index (χ3v) is 6.52. The minimum atomic E-state index is -0.939. The molecule has 0 amide bonds. The van der Waals surface area contributed by atoms with Crippen molar-refractivity contribution in [3.63, 3.8) is 0 Å². The molecule has 0 aliphatic carbocycles. The summed E-state index contributed by atoms with van der Waals surface area (Å²) in [5.74, 6) is -0.789. The summed E-state index contributed by atoms with van der Waals surface area (Å²) in [6, 6.07) is 31.3. The maximum atomic E-state index is 11.9. The van der Waals surface area contributed by atoms with Gasteiger partial charge in [-0.2, -0.15) is 0 Å². The van der Waals surface area contributed by atoms with Crippen LogP contribution in [-0.4, -0.2) is 16.9 Å². The summed E-state index contributed by atoms with van der Waals surface area (Å²) >= 11 is 0. The van der Waals surface area contributed by atoms with Crippen LogP contribution in [0.5, 0.6) is 0 Å². The van der Waals surface area contributed by atoms with Crippen molar-refractivity contribution in [3.8, 4) is 11.1 Å². The van der Waals surface area contributed by atoms with Crippen LogP contribution in [-0.2, 0) is 0 Å². The summed E-state index contributed by atoms with van der Waals surface area (Å²) in [7, 11) is 0. The molecule has 2 atom stereocenters. The van der Waals surface area contributed by atoms with Crippen molar-refractivity contribution in [3.05, 3.63) is 125 Å². The number of nitrogens with one attached hydrogen (secondary N) is 2. The lowest BCUT2D eigenvalue weighted by atomic mass is 9.78. The molecule has 1 aliphatic rings. The second-order valence-electron chi connectivity index (χ2n) is 8.55. The van der Waals surface area contributed by atoms with E-state index in [4.69, 9.17) is 11.1 Å². The smallest absolute Gasteiger partial charge is 0.336 e. The molecule has 1 aliphatic heterocycles. The van der Waals surface area contributed by atoms with Crippen molar-refractivity contribution in [2.24, 2.45) is 5.73 Å². The van der Waals surface area contributed by atoms with E-state index in [9.17, 15) is 9.90 Å². The highest BCUT2D eigenvalue weighted by atomic mass is 16.4. The topological polar surface area (TPSA) is 99.2 Å². The highest BCUT2D eigenvalue weighted by Gasteiger charge is 2.30. The molecule has 0 unspecified atom stereocenters. The van der Waals surface area contributed by atoms with Gasteiger partial charge in [0, 0.05) is 17.2 Å². The molecule has 5 heteroatoms. The molecule has 34 heavy (non-hydrogen) atoms. The van der Waals surface area contributed by atoms with Gasteiger partial charge in [0.2, 0.25) is 0 Å². The fraction of sp³-hybridized carbons (Fsp3) is 0.103. The van der Waals surface area contributed by atoms with Gasteiger partial charge in [-0.1, -0.05) is 72.8 Å². The first-order valence-electron chi connectivity index (χ1n) is 11.2. The van der Waals surface area contributed by atoms with Gasteiger partial charge < -0.3 is 16.2 Å².